The van der Waals surface area contributed by atoms with Crippen LogP contribution in [0.1, 0.15) is 12.0 Å². The van der Waals surface area contributed by atoms with Gasteiger partial charge in [-0.25, -0.2) is 12.8 Å². The summed E-state index contributed by atoms with van der Waals surface area (Å²) < 4.78 is 45.2. The van der Waals surface area contributed by atoms with Gasteiger partial charge >= 0.3 is 0 Å². The van der Waals surface area contributed by atoms with Crippen LogP contribution in [-0.2, 0) is 20.6 Å². The first kappa shape index (κ1) is 16.0. The van der Waals surface area contributed by atoms with E-state index in [1.807, 2.05) is 0 Å². The lowest BCUT2D eigenvalue weighted by atomic mass is 10.2. The lowest BCUT2D eigenvalue weighted by Crippen LogP contribution is -2.33. The van der Waals surface area contributed by atoms with Crippen LogP contribution in [0.15, 0.2) is 17.0 Å². The Morgan fingerprint density at radius 3 is 2.75 bits per heavy atom. The van der Waals surface area contributed by atoms with Crippen LogP contribution < -0.4 is 0 Å². The third kappa shape index (κ3) is 3.26. The highest BCUT2D eigenvalue weighted by molar-refractivity contribution is 7.89. The smallest absolute Gasteiger partial charge is 0.243 e. The van der Waals surface area contributed by atoms with Crippen molar-refractivity contribution < 1.29 is 17.5 Å². The second kappa shape index (κ2) is 6.58. The largest absolute Gasteiger partial charge is 0.380 e. The Morgan fingerprint density at radius 2 is 2.05 bits per heavy atom. The minimum Gasteiger partial charge on any atom is -0.380 e. The van der Waals surface area contributed by atoms with Gasteiger partial charge in [0.25, 0.3) is 0 Å². The van der Waals surface area contributed by atoms with Gasteiger partial charge in [-0.3, -0.25) is 0 Å². The van der Waals surface area contributed by atoms with Crippen molar-refractivity contribution in [2.45, 2.75) is 17.2 Å². The topological polar surface area (TPSA) is 46.6 Å². The lowest BCUT2D eigenvalue weighted by Gasteiger charge is -2.20. The van der Waals surface area contributed by atoms with E-state index in [1.54, 1.807) is 0 Å². The van der Waals surface area contributed by atoms with Crippen LogP contribution in [0.4, 0.5) is 4.39 Å². The molecule has 0 aromatic heterocycles. The fourth-order valence-corrected chi connectivity index (χ4v) is 3.96. The van der Waals surface area contributed by atoms with Crippen LogP contribution in [0.25, 0.3) is 0 Å². The Bertz CT molecular complexity index is 587. The number of benzene rings is 1. The highest BCUT2D eigenvalue weighted by atomic mass is 35.5. The minimum absolute atomic E-state index is 0.0533. The van der Waals surface area contributed by atoms with Crippen molar-refractivity contribution in [3.05, 3.63) is 28.5 Å². The molecule has 0 saturated carbocycles. The molecule has 0 amide bonds. The van der Waals surface area contributed by atoms with Gasteiger partial charge in [-0.2, -0.15) is 4.31 Å². The van der Waals surface area contributed by atoms with Crippen molar-refractivity contribution in [1.29, 1.82) is 0 Å². The monoisotopic (exact) mass is 341 g/mol. The van der Waals surface area contributed by atoms with Gasteiger partial charge in [0.2, 0.25) is 10.0 Å². The molecule has 8 heteroatoms. The number of halogens is 3. The second-order valence-electron chi connectivity index (χ2n) is 4.38. The maximum atomic E-state index is 13.7. The van der Waals surface area contributed by atoms with Crippen molar-refractivity contribution in [1.82, 2.24) is 4.31 Å². The van der Waals surface area contributed by atoms with Gasteiger partial charge in [-0.15, -0.1) is 11.6 Å². The zero-order valence-electron chi connectivity index (χ0n) is 10.6. The normalized spacial score (nSPS) is 17.9. The quantitative estimate of drug-likeness (QED) is 0.794. The molecule has 0 spiro atoms. The van der Waals surface area contributed by atoms with Crippen LogP contribution in [0.2, 0.25) is 5.02 Å². The molecule has 2 rings (SSSR count). The molecule has 0 unspecified atom stereocenters. The standard InChI is InChI=1S/C12H14Cl2FNO3S/c13-8-9-6-10(7-11(15)12(9)14)20(17,18)16-2-1-4-19-5-3-16/h6-7H,1-5,8H2. The van der Waals surface area contributed by atoms with E-state index in [1.165, 1.54) is 10.4 Å². The molecular formula is C12H14Cl2FNO3S. The average molecular weight is 342 g/mol. The number of nitrogens with zero attached hydrogens (tertiary/aromatic N) is 1. The van der Waals surface area contributed by atoms with E-state index in [-0.39, 0.29) is 27.9 Å². The molecule has 1 aliphatic rings. The minimum atomic E-state index is -3.76. The van der Waals surface area contributed by atoms with Gasteiger partial charge in [-0.1, -0.05) is 11.6 Å². The molecule has 0 aliphatic carbocycles. The average Bonchev–Trinajstić information content (AvgIpc) is 2.71. The fourth-order valence-electron chi connectivity index (χ4n) is 1.98. The van der Waals surface area contributed by atoms with Crippen LogP contribution in [-0.4, -0.2) is 39.0 Å². The summed E-state index contributed by atoms with van der Waals surface area (Å²) in [4.78, 5) is -0.128. The van der Waals surface area contributed by atoms with E-state index in [0.29, 0.717) is 26.2 Å². The van der Waals surface area contributed by atoms with Crippen molar-refractivity contribution >= 4 is 33.2 Å². The Kier molecular flexibility index (Phi) is 5.25. The van der Waals surface area contributed by atoms with E-state index in [2.05, 4.69) is 0 Å². The predicted molar refractivity (Wildman–Crippen MR) is 75.2 cm³/mol. The van der Waals surface area contributed by atoms with Gasteiger partial charge in [0.15, 0.2) is 0 Å². The maximum Gasteiger partial charge on any atom is 0.243 e. The molecular weight excluding hydrogens is 328 g/mol. The second-order valence-corrected chi connectivity index (χ2v) is 6.97. The van der Waals surface area contributed by atoms with E-state index >= 15 is 0 Å². The van der Waals surface area contributed by atoms with Crippen molar-refractivity contribution in [2.75, 3.05) is 26.3 Å². The van der Waals surface area contributed by atoms with Crippen LogP contribution >= 0.6 is 23.2 Å². The summed E-state index contributed by atoms with van der Waals surface area (Å²) in [5.41, 5.74) is 0.262. The highest BCUT2D eigenvalue weighted by Crippen LogP contribution is 2.27. The van der Waals surface area contributed by atoms with Crippen LogP contribution in [0.5, 0.6) is 0 Å². The van der Waals surface area contributed by atoms with E-state index in [0.717, 1.165) is 6.07 Å². The molecule has 112 valence electrons. The molecule has 1 heterocycles. The SMILES string of the molecule is O=S(=O)(c1cc(F)c(Cl)c(CCl)c1)N1CCCOCC1. The first-order valence-corrected chi connectivity index (χ1v) is 8.44. The van der Waals surface area contributed by atoms with Crippen molar-refractivity contribution in [2.24, 2.45) is 0 Å². The summed E-state index contributed by atoms with van der Waals surface area (Å²) in [6.45, 7) is 1.46. The third-order valence-electron chi connectivity index (χ3n) is 3.04. The molecule has 1 aromatic rings. The molecule has 1 saturated heterocycles. The van der Waals surface area contributed by atoms with Crippen molar-refractivity contribution in [3.63, 3.8) is 0 Å². The molecule has 1 aromatic carbocycles. The summed E-state index contributed by atoms with van der Waals surface area (Å²) in [5.74, 6) is -0.836. The van der Waals surface area contributed by atoms with Gasteiger partial charge < -0.3 is 4.74 Å². The number of alkyl halides is 1. The lowest BCUT2D eigenvalue weighted by molar-refractivity contribution is 0.148. The molecule has 0 radical (unpaired) electrons. The molecule has 1 fully saturated rings. The van der Waals surface area contributed by atoms with Gasteiger partial charge in [0, 0.05) is 25.6 Å². The molecule has 20 heavy (non-hydrogen) atoms. The number of rotatable bonds is 3. The van der Waals surface area contributed by atoms with Gasteiger partial charge in [-0.05, 0) is 24.1 Å². The Labute approximate surface area is 127 Å². The predicted octanol–water partition coefficient (Wildman–Crippen LogP) is 2.63. The van der Waals surface area contributed by atoms with Crippen LogP contribution in [0, 0.1) is 5.82 Å². The zero-order chi connectivity index (χ0) is 14.8. The molecule has 0 atom stereocenters. The molecule has 1 aliphatic heterocycles. The molecule has 4 nitrogen and oxygen atoms in total. The maximum absolute atomic E-state index is 13.7. The fraction of sp³-hybridized carbons (Fsp3) is 0.500. The third-order valence-corrected chi connectivity index (χ3v) is 5.63. The Hall–Kier alpha value is -0.400. The summed E-state index contributed by atoms with van der Waals surface area (Å²) >= 11 is 11.4. The number of hydrogen-bond acceptors (Lipinski definition) is 3. The molecule has 0 bridgehead atoms. The van der Waals surface area contributed by atoms with E-state index in [4.69, 9.17) is 27.9 Å². The van der Waals surface area contributed by atoms with Gasteiger partial charge in [0.05, 0.1) is 16.5 Å². The highest BCUT2D eigenvalue weighted by Gasteiger charge is 2.27. The van der Waals surface area contributed by atoms with E-state index < -0.39 is 15.8 Å². The number of sulfonamides is 1. The zero-order valence-corrected chi connectivity index (χ0v) is 12.9. The van der Waals surface area contributed by atoms with E-state index in [9.17, 15) is 12.8 Å². The molecule has 0 N–H and O–H groups in total. The first-order chi connectivity index (χ1) is 9.46. The summed E-state index contributed by atoms with van der Waals surface area (Å²) in [5, 5.41) is -0.141. The first-order valence-electron chi connectivity index (χ1n) is 6.08. The Balaban J connectivity index is 2.40. The Morgan fingerprint density at radius 1 is 1.30 bits per heavy atom. The summed E-state index contributed by atoms with van der Waals surface area (Å²) in [6.07, 6.45) is 0.609. The summed E-state index contributed by atoms with van der Waals surface area (Å²) in [6, 6.07) is 2.25. The number of ether oxygens (including phenoxy) is 1. The van der Waals surface area contributed by atoms with Crippen molar-refractivity contribution in [3.8, 4) is 0 Å². The van der Waals surface area contributed by atoms with Gasteiger partial charge in [0.1, 0.15) is 5.82 Å². The van der Waals surface area contributed by atoms with Crippen LogP contribution in [0.3, 0.4) is 0 Å². The number of hydrogen-bond donors (Lipinski definition) is 0. The summed E-state index contributed by atoms with van der Waals surface area (Å²) in [7, 11) is -3.76.